The van der Waals surface area contributed by atoms with Crippen LogP contribution in [-0.4, -0.2) is 173 Å². The maximum absolute atomic E-state index is 14.2. The van der Waals surface area contributed by atoms with Gasteiger partial charge in [-0.05, 0) is 0 Å². The van der Waals surface area contributed by atoms with Crippen molar-refractivity contribution in [2.24, 2.45) is 10.3 Å². The highest BCUT2D eigenvalue weighted by molar-refractivity contribution is 8.00. The molecular weight excluding hydrogens is 929 g/mol. The molecule has 65 heavy (non-hydrogen) atoms. The van der Waals surface area contributed by atoms with Crippen molar-refractivity contribution >= 4 is 104 Å². The summed E-state index contributed by atoms with van der Waals surface area (Å²) in [7, 11) is 6.48. The Hall–Kier alpha value is -5.48. The Bertz CT molecular complexity index is 2300. The molecule has 0 aromatic carbocycles. The number of aliphatic carboxylic acids is 3. The number of hydrogen-bond acceptors (Lipinski definition) is 21. The zero-order valence-electron chi connectivity index (χ0n) is 35.9. The summed E-state index contributed by atoms with van der Waals surface area (Å²) in [5.74, 6) is -6.84. The van der Waals surface area contributed by atoms with E-state index in [0.717, 1.165) is 98.1 Å². The van der Waals surface area contributed by atoms with E-state index in [1.54, 1.807) is 0 Å². The van der Waals surface area contributed by atoms with Crippen LogP contribution < -0.4 is 42.5 Å². The molecule has 0 bridgehead atoms. The van der Waals surface area contributed by atoms with Crippen molar-refractivity contribution in [1.82, 2.24) is 31.2 Å². The fraction of sp³-hybridized carbons (Fsp3) is 0.526. The lowest BCUT2D eigenvalue weighted by molar-refractivity contribution is -0.893. The minimum absolute atomic E-state index is 0.00998. The van der Waals surface area contributed by atoms with Crippen LogP contribution in [0.3, 0.4) is 0 Å². The third kappa shape index (κ3) is 12.1. The number of hydrogen-bond donors (Lipinski definition) is 7. The summed E-state index contributed by atoms with van der Waals surface area (Å²) in [6.45, 7) is 4.40. The Kier molecular flexibility index (Phi) is 16.0. The highest BCUT2D eigenvalue weighted by Gasteiger charge is 2.40. The number of thioether (sulfide) groups is 2. The molecule has 0 saturated carbocycles. The first-order valence-corrected chi connectivity index (χ1v) is 24.1. The number of carbonyl (C=O) groups excluding carboxylic acids is 5. The fourth-order valence-corrected chi connectivity index (χ4v) is 11.7. The van der Waals surface area contributed by atoms with Crippen molar-refractivity contribution in [1.29, 1.82) is 0 Å². The van der Waals surface area contributed by atoms with Gasteiger partial charge in [0.05, 0.1) is 69.3 Å². The molecule has 352 valence electrons. The van der Waals surface area contributed by atoms with Crippen molar-refractivity contribution < 1.29 is 62.7 Å². The first-order valence-electron chi connectivity index (χ1n) is 20.3. The summed E-state index contributed by atoms with van der Waals surface area (Å²) < 4.78 is 1.29. The minimum Gasteiger partial charge on any atom is -0.548 e. The summed E-state index contributed by atoms with van der Waals surface area (Å²) in [6.07, 6.45) is 4.02. The fourth-order valence-electron chi connectivity index (χ4n) is 8.10. The van der Waals surface area contributed by atoms with Crippen LogP contribution in [0.25, 0.3) is 0 Å². The van der Waals surface area contributed by atoms with Gasteiger partial charge in [0.1, 0.15) is 49.8 Å². The quantitative estimate of drug-likeness (QED) is 0.0431. The summed E-state index contributed by atoms with van der Waals surface area (Å²) in [6, 6.07) is -3.33. The van der Waals surface area contributed by atoms with E-state index in [9.17, 15) is 44.1 Å². The number of oxime groups is 2. The monoisotopic (exact) mass is 978 g/mol. The number of amides is 3. The predicted molar refractivity (Wildman–Crippen MR) is 239 cm³/mol. The second-order valence-electron chi connectivity index (χ2n) is 16.2. The van der Waals surface area contributed by atoms with Crippen LogP contribution in [-0.2, 0) is 38.4 Å². The van der Waals surface area contributed by atoms with Gasteiger partial charge in [0.2, 0.25) is 0 Å². The molecule has 0 radical (unpaired) electrons. The van der Waals surface area contributed by atoms with Gasteiger partial charge < -0.3 is 70.6 Å². The number of rotatable bonds is 19. The standard InChI is InChI=1S/C38H50N12O11S4/c1-49(9-5-6-10-49)13-19-15-62-32(27(35(56)57)42-30(52)25(47-60-3)21-17-64-37(39)40-21)44-23(19)29(51)46-38-41-22(18-65-38)26(48-61-4)31(53)43-28(36(58)59)33-45-24(34(54)55)20(16-63-33)14-50(2)11-7-8-12-50/h17-18,27-28,32-33,44-45H,5-16H2,1-4H3,(H6-2,39,40,41,42,43,46,51,52,53,54,55,56,57,58,59)/b47-25-,48-26-. The smallest absolute Gasteiger partial charge is 0.329 e. The molecule has 8 N–H and O–H groups in total. The molecular formula is C38H50N12O11S4. The molecule has 27 heteroatoms. The third-order valence-electron chi connectivity index (χ3n) is 11.2. The number of thiazole rings is 2. The van der Waals surface area contributed by atoms with Crippen LogP contribution in [0.4, 0.5) is 10.3 Å². The molecule has 2 saturated heterocycles. The van der Waals surface area contributed by atoms with E-state index in [2.05, 4.69) is 53.9 Å². The van der Waals surface area contributed by atoms with E-state index >= 15 is 0 Å². The second-order valence-corrected chi connectivity index (χ2v) is 20.2. The van der Waals surface area contributed by atoms with Gasteiger partial charge in [-0.1, -0.05) is 10.3 Å². The van der Waals surface area contributed by atoms with Crippen LogP contribution in [0.15, 0.2) is 43.6 Å². The SMILES string of the molecule is CO/N=C(\C(=O)NC(C(=O)[O-])C1NC(C(=O)Nc2nc(/C(=N/OC)C(=O)NC(C(=O)O)C3NC(C(=O)[O-])=C(C[N+]4(C)CCCC4)CS3)cs2)=C(C[N+]2(C)CCCC2)CS1)c1csc(N)n1. The average Bonchev–Trinajstić information content (AvgIpc) is 4.09. The number of nitrogens with zero attached hydrogens (tertiary/aromatic N) is 6. The van der Waals surface area contributed by atoms with Crippen LogP contribution in [0.1, 0.15) is 37.1 Å². The molecule has 4 atom stereocenters. The number of likely N-dealkylation sites (tertiary alicyclic amines) is 2. The van der Waals surface area contributed by atoms with Crippen molar-refractivity contribution in [3.05, 3.63) is 44.7 Å². The van der Waals surface area contributed by atoms with Gasteiger partial charge >= 0.3 is 5.97 Å². The first kappa shape index (κ1) is 49.0. The summed E-state index contributed by atoms with van der Waals surface area (Å²) in [5, 5.41) is 56.7. The van der Waals surface area contributed by atoms with Crippen LogP contribution in [0.2, 0.25) is 0 Å². The zero-order chi connectivity index (χ0) is 47.1. The van der Waals surface area contributed by atoms with Gasteiger partial charge in [0, 0.05) is 59.1 Å². The molecule has 2 aromatic rings. The van der Waals surface area contributed by atoms with Gasteiger partial charge in [0.15, 0.2) is 27.7 Å². The van der Waals surface area contributed by atoms with Crippen LogP contribution in [0, 0.1) is 0 Å². The molecule has 0 spiro atoms. The van der Waals surface area contributed by atoms with Crippen LogP contribution in [0.5, 0.6) is 0 Å². The Balaban J connectivity index is 1.19. The van der Waals surface area contributed by atoms with Crippen molar-refractivity contribution in [3.8, 4) is 0 Å². The maximum atomic E-state index is 14.2. The largest absolute Gasteiger partial charge is 0.548 e. The molecule has 6 heterocycles. The number of likely N-dealkylation sites (N-methyl/N-ethyl adjacent to an activating group) is 2. The Morgan fingerprint density at radius 1 is 0.800 bits per heavy atom. The summed E-state index contributed by atoms with van der Waals surface area (Å²) >= 11 is 4.24. The van der Waals surface area contributed by atoms with Gasteiger partial charge in [-0.25, -0.2) is 14.8 Å². The third-order valence-corrected chi connectivity index (χ3v) is 15.2. The number of aromatic nitrogens is 2. The number of nitrogen functional groups attached to an aromatic ring is 1. The van der Waals surface area contributed by atoms with E-state index in [1.165, 1.54) is 25.0 Å². The predicted octanol–water partition coefficient (Wildman–Crippen LogP) is -2.61. The van der Waals surface area contributed by atoms with Crippen molar-refractivity contribution in [3.63, 3.8) is 0 Å². The van der Waals surface area contributed by atoms with Gasteiger partial charge in [-0.3, -0.25) is 19.7 Å². The van der Waals surface area contributed by atoms with E-state index in [0.29, 0.717) is 33.2 Å². The zero-order valence-corrected chi connectivity index (χ0v) is 39.1. The average molecular weight is 979 g/mol. The highest BCUT2D eigenvalue weighted by Crippen LogP contribution is 2.31. The van der Waals surface area contributed by atoms with Gasteiger partial charge in [0.25, 0.3) is 17.7 Å². The molecule has 2 aromatic heterocycles. The first-order chi connectivity index (χ1) is 30.9. The lowest BCUT2D eigenvalue weighted by Gasteiger charge is -2.37. The number of carboxylic acids is 3. The molecule has 0 aliphatic carbocycles. The van der Waals surface area contributed by atoms with E-state index in [1.807, 2.05) is 7.05 Å². The lowest BCUT2D eigenvalue weighted by Crippen LogP contribution is -2.60. The summed E-state index contributed by atoms with van der Waals surface area (Å²) in [5.41, 5.74) is 6.02. The Morgan fingerprint density at radius 3 is 1.75 bits per heavy atom. The number of nitrogens with two attached hydrogens (primary N) is 1. The van der Waals surface area contributed by atoms with Crippen molar-refractivity contribution in [2.45, 2.75) is 48.5 Å². The number of carbonyl (C=O) groups is 6. The Labute approximate surface area is 389 Å². The molecule has 4 aliphatic rings. The molecule has 6 rings (SSSR count). The Morgan fingerprint density at radius 2 is 1.28 bits per heavy atom. The van der Waals surface area contributed by atoms with E-state index in [-0.39, 0.29) is 50.3 Å². The molecule has 2 fully saturated rings. The molecule has 3 amide bonds. The highest BCUT2D eigenvalue weighted by atomic mass is 32.2. The molecule has 4 unspecified atom stereocenters. The number of carboxylic acid groups (broad SMARTS) is 3. The normalized spacial score (nSPS) is 21.7. The van der Waals surface area contributed by atoms with Gasteiger partial charge in [-0.15, -0.1) is 46.2 Å². The minimum atomic E-state index is -1.69. The molecule has 4 aliphatic heterocycles. The lowest BCUT2D eigenvalue weighted by atomic mass is 10.1. The van der Waals surface area contributed by atoms with Crippen molar-refractivity contribution in [2.75, 3.05) is 90.1 Å². The van der Waals surface area contributed by atoms with E-state index < -0.39 is 64.2 Å². The number of quaternary nitrogens is 2. The van der Waals surface area contributed by atoms with Gasteiger partial charge in [-0.2, -0.15) is 0 Å². The maximum Gasteiger partial charge on any atom is 0.329 e. The summed E-state index contributed by atoms with van der Waals surface area (Å²) in [4.78, 5) is 96.9. The number of nitrogens with one attached hydrogen (secondary N) is 5. The topological polar surface area (TPSA) is 324 Å². The van der Waals surface area contributed by atoms with Crippen LogP contribution >= 0.6 is 46.2 Å². The van der Waals surface area contributed by atoms with E-state index in [4.69, 9.17) is 15.4 Å². The molecule has 23 nitrogen and oxygen atoms in total. The second kappa shape index (κ2) is 21.2. The number of anilines is 2.